The van der Waals surface area contributed by atoms with Crippen molar-refractivity contribution in [3.8, 4) is 0 Å². The van der Waals surface area contributed by atoms with Crippen molar-refractivity contribution in [2.45, 2.75) is 13.8 Å². The Labute approximate surface area is 115 Å². The van der Waals surface area contributed by atoms with Crippen LogP contribution in [0.25, 0.3) is 0 Å². The van der Waals surface area contributed by atoms with Crippen LogP contribution in [0.4, 0.5) is 16.2 Å². The summed E-state index contributed by atoms with van der Waals surface area (Å²) in [6.07, 6.45) is -0.712. The Morgan fingerprint density at radius 1 is 1.53 bits per heavy atom. The van der Waals surface area contributed by atoms with E-state index < -0.39 is 11.0 Å². The zero-order chi connectivity index (χ0) is 14.4. The molecule has 0 fully saturated rings. The summed E-state index contributed by atoms with van der Waals surface area (Å²) in [6, 6.07) is 4.62. The van der Waals surface area contributed by atoms with Gasteiger partial charge in [0.25, 0.3) is 5.69 Å². The first-order valence-electron chi connectivity index (χ1n) is 5.44. The molecule has 7 nitrogen and oxygen atoms in total. The van der Waals surface area contributed by atoms with Crippen LogP contribution in [0.15, 0.2) is 18.2 Å². The number of thiocarbonyl (C=S) groups is 1. The molecule has 0 aliphatic carbocycles. The zero-order valence-corrected chi connectivity index (χ0v) is 11.2. The molecule has 0 radical (unpaired) electrons. The van der Waals surface area contributed by atoms with Gasteiger partial charge in [0.2, 0.25) is 0 Å². The van der Waals surface area contributed by atoms with Crippen molar-refractivity contribution in [2.24, 2.45) is 0 Å². The number of anilines is 1. The number of hydrogen-bond acceptors (Lipinski definition) is 5. The van der Waals surface area contributed by atoms with E-state index in [-0.39, 0.29) is 23.1 Å². The largest absolute Gasteiger partial charge is 0.450 e. The summed E-state index contributed by atoms with van der Waals surface area (Å²) in [5.74, 6) is 0. The molecule has 0 aliphatic rings. The molecule has 102 valence electrons. The van der Waals surface area contributed by atoms with E-state index in [1.165, 1.54) is 6.07 Å². The molecule has 1 amide bonds. The van der Waals surface area contributed by atoms with Gasteiger partial charge in [-0.25, -0.2) is 4.79 Å². The van der Waals surface area contributed by atoms with Gasteiger partial charge in [0, 0.05) is 6.07 Å². The van der Waals surface area contributed by atoms with Crippen molar-refractivity contribution < 1.29 is 14.5 Å². The van der Waals surface area contributed by atoms with E-state index in [0.29, 0.717) is 5.56 Å². The molecule has 0 bridgehead atoms. The topological polar surface area (TPSA) is 93.5 Å². The van der Waals surface area contributed by atoms with Gasteiger partial charge in [-0.1, -0.05) is 12.1 Å². The Bertz CT molecular complexity index is 519. The number of rotatable bonds is 3. The summed E-state index contributed by atoms with van der Waals surface area (Å²) >= 11 is 4.89. The lowest BCUT2D eigenvalue weighted by Gasteiger charge is -2.11. The standard InChI is InChI=1S/C11H13N3O4S/c1-3-18-11(15)13-10(19)12-9-7(2)5-4-6-8(9)14(16)17/h4-6H,3H2,1-2H3,(H2,12,13,15,19). The number of nitro groups is 1. The maximum atomic E-state index is 11.2. The quantitative estimate of drug-likeness (QED) is 0.502. The molecule has 0 spiro atoms. The molecule has 0 unspecified atom stereocenters. The fourth-order valence-corrected chi connectivity index (χ4v) is 1.56. The smallest absolute Gasteiger partial charge is 0.413 e. The first-order chi connectivity index (χ1) is 8.95. The van der Waals surface area contributed by atoms with Gasteiger partial charge in [0.15, 0.2) is 5.11 Å². The maximum absolute atomic E-state index is 11.2. The van der Waals surface area contributed by atoms with Gasteiger partial charge in [-0.3, -0.25) is 15.4 Å². The minimum atomic E-state index is -0.712. The lowest BCUT2D eigenvalue weighted by atomic mass is 10.1. The fraction of sp³-hybridized carbons (Fsp3) is 0.273. The maximum Gasteiger partial charge on any atom is 0.413 e. The summed E-state index contributed by atoms with van der Waals surface area (Å²) in [4.78, 5) is 21.5. The normalized spacial score (nSPS) is 9.58. The number of amides is 1. The van der Waals surface area contributed by atoms with Gasteiger partial charge in [0.1, 0.15) is 5.69 Å². The van der Waals surface area contributed by atoms with Gasteiger partial charge in [-0.05, 0) is 31.6 Å². The average Bonchev–Trinajstić information content (AvgIpc) is 2.31. The summed E-state index contributed by atoms with van der Waals surface area (Å²) in [7, 11) is 0. The van der Waals surface area contributed by atoms with Crippen LogP contribution >= 0.6 is 12.2 Å². The van der Waals surface area contributed by atoms with Crippen LogP contribution in [0.5, 0.6) is 0 Å². The Morgan fingerprint density at radius 2 is 2.21 bits per heavy atom. The highest BCUT2D eigenvalue weighted by atomic mass is 32.1. The number of benzene rings is 1. The van der Waals surface area contributed by atoms with E-state index in [2.05, 4.69) is 15.4 Å². The number of carbonyl (C=O) groups excluding carboxylic acids is 1. The van der Waals surface area contributed by atoms with Crippen molar-refractivity contribution in [1.29, 1.82) is 0 Å². The van der Waals surface area contributed by atoms with Crippen molar-refractivity contribution in [3.05, 3.63) is 33.9 Å². The van der Waals surface area contributed by atoms with Crippen LogP contribution in [0.1, 0.15) is 12.5 Å². The molecule has 0 aliphatic heterocycles. The molecule has 0 aromatic heterocycles. The first kappa shape index (κ1) is 14.8. The molecule has 1 aromatic carbocycles. The average molecular weight is 283 g/mol. The first-order valence-corrected chi connectivity index (χ1v) is 5.85. The van der Waals surface area contributed by atoms with Crippen LogP contribution in [-0.2, 0) is 4.74 Å². The third kappa shape index (κ3) is 4.18. The molecular weight excluding hydrogens is 270 g/mol. The molecular formula is C11H13N3O4S. The predicted octanol–water partition coefficient (Wildman–Crippen LogP) is 2.35. The van der Waals surface area contributed by atoms with Gasteiger partial charge in [-0.2, -0.15) is 0 Å². The van der Waals surface area contributed by atoms with E-state index in [0.717, 1.165) is 0 Å². The Kier molecular flexibility index (Phi) is 5.19. The number of nitro benzene ring substituents is 1. The van der Waals surface area contributed by atoms with Crippen LogP contribution in [0.3, 0.4) is 0 Å². The number of alkyl carbamates (subject to hydrolysis) is 1. The van der Waals surface area contributed by atoms with Crippen molar-refractivity contribution in [3.63, 3.8) is 0 Å². The molecule has 1 rings (SSSR count). The Hall–Kier alpha value is -2.22. The molecule has 8 heteroatoms. The number of aryl methyl sites for hydroxylation is 1. The summed E-state index contributed by atoms with van der Waals surface area (Å²) < 4.78 is 4.65. The second-order valence-electron chi connectivity index (χ2n) is 3.53. The SMILES string of the molecule is CCOC(=O)NC(=S)Nc1c(C)cccc1[N+](=O)[O-]. The van der Waals surface area contributed by atoms with Crippen LogP contribution < -0.4 is 10.6 Å². The zero-order valence-electron chi connectivity index (χ0n) is 10.4. The Balaban J connectivity index is 2.84. The highest BCUT2D eigenvalue weighted by Crippen LogP contribution is 2.27. The van der Waals surface area contributed by atoms with Crippen molar-refractivity contribution in [2.75, 3.05) is 11.9 Å². The molecule has 0 atom stereocenters. The summed E-state index contributed by atoms with van der Waals surface area (Å²) in [6.45, 7) is 3.56. The number of carbonyl (C=O) groups is 1. The third-order valence-electron chi connectivity index (χ3n) is 2.18. The molecule has 2 N–H and O–H groups in total. The van der Waals surface area contributed by atoms with Gasteiger partial charge < -0.3 is 10.1 Å². The molecule has 0 saturated heterocycles. The monoisotopic (exact) mass is 283 g/mol. The lowest BCUT2D eigenvalue weighted by molar-refractivity contribution is -0.383. The third-order valence-corrected chi connectivity index (χ3v) is 2.38. The van der Waals surface area contributed by atoms with E-state index in [1.54, 1.807) is 26.0 Å². The second-order valence-corrected chi connectivity index (χ2v) is 3.93. The van der Waals surface area contributed by atoms with Gasteiger partial charge in [-0.15, -0.1) is 0 Å². The molecule has 1 aromatic rings. The van der Waals surface area contributed by atoms with Crippen molar-refractivity contribution >= 4 is 34.8 Å². The molecule has 0 heterocycles. The van der Waals surface area contributed by atoms with Crippen LogP contribution in [0, 0.1) is 17.0 Å². The molecule has 19 heavy (non-hydrogen) atoms. The van der Waals surface area contributed by atoms with E-state index in [1.807, 2.05) is 0 Å². The van der Waals surface area contributed by atoms with E-state index in [9.17, 15) is 14.9 Å². The number of nitrogens with zero attached hydrogens (tertiary/aromatic N) is 1. The molecule has 0 saturated carbocycles. The highest BCUT2D eigenvalue weighted by molar-refractivity contribution is 7.80. The Morgan fingerprint density at radius 3 is 2.79 bits per heavy atom. The predicted molar refractivity (Wildman–Crippen MR) is 74.2 cm³/mol. The van der Waals surface area contributed by atoms with Crippen LogP contribution in [0.2, 0.25) is 0 Å². The number of para-hydroxylation sites is 1. The number of hydrogen-bond donors (Lipinski definition) is 2. The lowest BCUT2D eigenvalue weighted by Crippen LogP contribution is -2.34. The minimum absolute atomic E-state index is 0.0594. The van der Waals surface area contributed by atoms with Crippen LogP contribution in [-0.4, -0.2) is 22.7 Å². The van der Waals surface area contributed by atoms with Gasteiger partial charge in [0.05, 0.1) is 11.5 Å². The second kappa shape index (κ2) is 6.64. The highest BCUT2D eigenvalue weighted by Gasteiger charge is 2.17. The van der Waals surface area contributed by atoms with E-state index >= 15 is 0 Å². The van der Waals surface area contributed by atoms with E-state index in [4.69, 9.17) is 12.2 Å². The summed E-state index contributed by atoms with van der Waals surface area (Å²) in [5.41, 5.74) is 0.768. The fourth-order valence-electron chi connectivity index (χ4n) is 1.37. The summed E-state index contributed by atoms with van der Waals surface area (Å²) in [5, 5.41) is 15.7. The number of nitrogens with one attached hydrogen (secondary N) is 2. The van der Waals surface area contributed by atoms with Crippen molar-refractivity contribution in [1.82, 2.24) is 5.32 Å². The minimum Gasteiger partial charge on any atom is -0.450 e. The number of ether oxygens (including phenoxy) is 1. The van der Waals surface area contributed by atoms with Gasteiger partial charge >= 0.3 is 6.09 Å².